The summed E-state index contributed by atoms with van der Waals surface area (Å²) in [7, 11) is -1.47. The summed E-state index contributed by atoms with van der Waals surface area (Å²) < 4.78 is 6.15. The lowest BCUT2D eigenvalue weighted by Crippen LogP contribution is -2.32. The van der Waals surface area contributed by atoms with E-state index in [2.05, 4.69) is 45.1 Å². The molecule has 1 rings (SSSR count). The highest BCUT2D eigenvalue weighted by Crippen LogP contribution is 2.18. The molecule has 0 amide bonds. The Balaban J connectivity index is 2.37. The Hall–Kier alpha value is -0.643. The predicted octanol–water partition coefficient (Wildman–Crippen LogP) is 4.03. The van der Waals surface area contributed by atoms with Gasteiger partial charge in [0.1, 0.15) is 0 Å². The van der Waals surface area contributed by atoms with Crippen molar-refractivity contribution in [2.24, 2.45) is 5.92 Å². The molecular weight excluding hydrogens is 264 g/mol. The van der Waals surface area contributed by atoms with Crippen LogP contribution in [0.4, 0.5) is 0 Å². The van der Waals surface area contributed by atoms with E-state index in [-0.39, 0.29) is 6.61 Å². The molecule has 0 aliphatic rings. The van der Waals surface area contributed by atoms with Crippen LogP contribution >= 0.6 is 0 Å². The van der Waals surface area contributed by atoms with E-state index >= 15 is 0 Å². The molecule has 1 aromatic rings. The summed E-state index contributed by atoms with van der Waals surface area (Å²) in [6, 6.07) is 9.64. The minimum atomic E-state index is -1.47. The first-order valence-corrected chi connectivity index (χ1v) is 10.9. The highest BCUT2D eigenvalue weighted by Gasteiger charge is 2.23. The minimum Gasteiger partial charge on any atom is -0.417 e. The van der Waals surface area contributed by atoms with Gasteiger partial charge in [-0.15, -0.1) is 0 Å². The lowest BCUT2D eigenvalue weighted by molar-refractivity contribution is 0.294. The molecule has 2 nitrogen and oxygen atoms in total. The molecule has 0 saturated heterocycles. The molecule has 0 aliphatic heterocycles. The van der Waals surface area contributed by atoms with Gasteiger partial charge in [-0.2, -0.15) is 0 Å². The Morgan fingerprint density at radius 3 is 2.25 bits per heavy atom. The van der Waals surface area contributed by atoms with Crippen molar-refractivity contribution in [2.75, 3.05) is 13.2 Å². The zero-order valence-corrected chi connectivity index (χ0v) is 14.5. The van der Waals surface area contributed by atoms with Crippen LogP contribution in [-0.2, 0) is 17.3 Å². The molecule has 0 atom stereocenters. The van der Waals surface area contributed by atoms with Gasteiger partial charge in [-0.25, -0.2) is 0 Å². The van der Waals surface area contributed by atoms with E-state index in [0.717, 1.165) is 31.8 Å². The third kappa shape index (κ3) is 6.68. The van der Waals surface area contributed by atoms with Gasteiger partial charge in [-0.1, -0.05) is 38.1 Å². The summed E-state index contributed by atoms with van der Waals surface area (Å²) in [4.78, 5) is 0. The van der Waals surface area contributed by atoms with Crippen LogP contribution in [0.3, 0.4) is 0 Å². The van der Waals surface area contributed by atoms with Gasteiger partial charge in [0.2, 0.25) is 0 Å². The van der Waals surface area contributed by atoms with Crippen LogP contribution in [0.5, 0.6) is 0 Å². The lowest BCUT2D eigenvalue weighted by atomic mass is 10.0. The second kappa shape index (κ2) is 8.60. The third-order valence-corrected chi connectivity index (χ3v) is 6.27. The zero-order chi connectivity index (χ0) is 15.0. The monoisotopic (exact) mass is 294 g/mol. The van der Waals surface area contributed by atoms with Gasteiger partial charge in [-0.05, 0) is 55.4 Å². The molecule has 0 radical (unpaired) electrons. The van der Waals surface area contributed by atoms with Crippen LogP contribution in [0.1, 0.15) is 31.4 Å². The maximum atomic E-state index is 9.09. The van der Waals surface area contributed by atoms with Crippen LogP contribution in [0.25, 0.3) is 0 Å². The first kappa shape index (κ1) is 17.4. The summed E-state index contributed by atoms with van der Waals surface area (Å²) in [5.41, 5.74) is 2.63. The van der Waals surface area contributed by atoms with Gasteiger partial charge in [-0.3, -0.25) is 0 Å². The van der Waals surface area contributed by atoms with Crippen LogP contribution in [-0.4, -0.2) is 26.6 Å². The fourth-order valence-electron chi connectivity index (χ4n) is 2.82. The Bertz CT molecular complexity index is 388. The Labute approximate surface area is 125 Å². The highest BCUT2D eigenvalue weighted by molar-refractivity contribution is 6.71. The predicted molar refractivity (Wildman–Crippen MR) is 88.6 cm³/mol. The standard InChI is InChI=1S/C17H30O2Si/c1-15(2)14-20(3,4)19-13-7-10-16-8-5-6-9-17(16)11-12-18/h5-6,8-9,15,18H,7,10-14H2,1-4H3. The van der Waals surface area contributed by atoms with E-state index < -0.39 is 8.32 Å². The largest absolute Gasteiger partial charge is 0.417 e. The number of hydrogen-bond donors (Lipinski definition) is 1. The summed E-state index contributed by atoms with van der Waals surface area (Å²) >= 11 is 0. The number of aliphatic hydroxyl groups excluding tert-OH is 1. The van der Waals surface area contributed by atoms with E-state index in [4.69, 9.17) is 9.53 Å². The fraction of sp³-hybridized carbons (Fsp3) is 0.647. The second-order valence-electron chi connectivity index (χ2n) is 6.55. The van der Waals surface area contributed by atoms with Crippen LogP contribution in [0, 0.1) is 5.92 Å². The van der Waals surface area contributed by atoms with E-state index in [9.17, 15) is 0 Å². The van der Waals surface area contributed by atoms with E-state index in [1.807, 2.05) is 6.07 Å². The Morgan fingerprint density at radius 1 is 1.10 bits per heavy atom. The maximum Gasteiger partial charge on any atom is 0.186 e. The van der Waals surface area contributed by atoms with Crippen molar-refractivity contribution in [1.29, 1.82) is 0 Å². The molecule has 0 bridgehead atoms. The molecular formula is C17H30O2Si. The van der Waals surface area contributed by atoms with Gasteiger partial charge in [0, 0.05) is 13.2 Å². The quantitative estimate of drug-likeness (QED) is 0.550. The first-order valence-electron chi connectivity index (χ1n) is 7.76. The molecule has 3 heteroatoms. The molecule has 114 valence electrons. The van der Waals surface area contributed by atoms with Gasteiger partial charge < -0.3 is 9.53 Å². The second-order valence-corrected chi connectivity index (χ2v) is 10.8. The van der Waals surface area contributed by atoms with Gasteiger partial charge in [0.25, 0.3) is 0 Å². The smallest absolute Gasteiger partial charge is 0.186 e. The Kier molecular flexibility index (Phi) is 7.49. The van der Waals surface area contributed by atoms with E-state index in [1.165, 1.54) is 17.2 Å². The minimum absolute atomic E-state index is 0.224. The number of aryl methyl sites for hydroxylation is 1. The molecule has 20 heavy (non-hydrogen) atoms. The van der Waals surface area contributed by atoms with Crippen molar-refractivity contribution in [3.63, 3.8) is 0 Å². The normalized spacial score (nSPS) is 12.1. The van der Waals surface area contributed by atoms with Gasteiger partial charge in [0.05, 0.1) is 0 Å². The van der Waals surface area contributed by atoms with Gasteiger partial charge in [0.15, 0.2) is 8.32 Å². The van der Waals surface area contributed by atoms with Crippen LogP contribution < -0.4 is 0 Å². The van der Waals surface area contributed by atoms with E-state index in [0.29, 0.717) is 0 Å². The van der Waals surface area contributed by atoms with Crippen molar-refractivity contribution in [2.45, 2.75) is 52.2 Å². The molecule has 0 aliphatic carbocycles. The summed E-state index contributed by atoms with van der Waals surface area (Å²) in [6.07, 6.45) is 2.87. The van der Waals surface area contributed by atoms with Crippen LogP contribution in [0.2, 0.25) is 19.1 Å². The average molecular weight is 295 g/mol. The molecule has 1 N–H and O–H groups in total. The third-order valence-electron chi connectivity index (χ3n) is 3.48. The van der Waals surface area contributed by atoms with Crippen molar-refractivity contribution in [3.8, 4) is 0 Å². The number of benzene rings is 1. The van der Waals surface area contributed by atoms with Crippen molar-refractivity contribution in [3.05, 3.63) is 35.4 Å². The molecule has 0 fully saturated rings. The van der Waals surface area contributed by atoms with Crippen LogP contribution in [0.15, 0.2) is 24.3 Å². The maximum absolute atomic E-state index is 9.09. The number of rotatable bonds is 9. The molecule has 0 saturated carbocycles. The number of hydrogen-bond acceptors (Lipinski definition) is 2. The van der Waals surface area contributed by atoms with Crippen molar-refractivity contribution < 1.29 is 9.53 Å². The molecule has 0 heterocycles. The first-order chi connectivity index (χ1) is 9.44. The fourth-order valence-corrected chi connectivity index (χ4v) is 5.60. The average Bonchev–Trinajstić information content (AvgIpc) is 2.35. The molecule has 0 aromatic heterocycles. The van der Waals surface area contributed by atoms with Crippen molar-refractivity contribution in [1.82, 2.24) is 0 Å². The lowest BCUT2D eigenvalue weighted by Gasteiger charge is -2.24. The topological polar surface area (TPSA) is 29.5 Å². The van der Waals surface area contributed by atoms with E-state index in [1.54, 1.807) is 0 Å². The molecule has 0 unspecified atom stereocenters. The summed E-state index contributed by atoms with van der Waals surface area (Å²) in [5.74, 6) is 0.724. The highest BCUT2D eigenvalue weighted by atomic mass is 28.4. The SMILES string of the molecule is CC(C)C[Si](C)(C)OCCCc1ccccc1CCO. The number of aliphatic hydroxyl groups is 1. The Morgan fingerprint density at radius 2 is 1.70 bits per heavy atom. The van der Waals surface area contributed by atoms with Crippen molar-refractivity contribution >= 4 is 8.32 Å². The summed E-state index contributed by atoms with van der Waals surface area (Å²) in [5, 5.41) is 9.09. The van der Waals surface area contributed by atoms with Gasteiger partial charge >= 0.3 is 0 Å². The molecule has 1 aromatic carbocycles. The molecule has 0 spiro atoms. The zero-order valence-electron chi connectivity index (χ0n) is 13.5. The summed E-state index contributed by atoms with van der Waals surface area (Å²) in [6.45, 7) is 10.2.